The predicted molar refractivity (Wildman–Crippen MR) is 136 cm³/mol. The molecule has 3 amide bonds. The first-order valence-electron chi connectivity index (χ1n) is 12.3. The van der Waals surface area contributed by atoms with Gasteiger partial charge in [-0.2, -0.15) is 0 Å². The number of aliphatic hydroxyl groups is 1. The second kappa shape index (κ2) is 10.6. The van der Waals surface area contributed by atoms with Gasteiger partial charge in [-0.15, -0.1) is 0 Å². The van der Waals surface area contributed by atoms with E-state index in [0.29, 0.717) is 35.6 Å². The number of nitrogens with zero attached hydrogens (tertiary/aromatic N) is 3. The van der Waals surface area contributed by atoms with E-state index in [9.17, 15) is 24.3 Å². The van der Waals surface area contributed by atoms with Crippen molar-refractivity contribution in [3.05, 3.63) is 64.1 Å². The van der Waals surface area contributed by atoms with E-state index in [-0.39, 0.29) is 24.9 Å². The van der Waals surface area contributed by atoms with Crippen molar-refractivity contribution in [3.63, 3.8) is 0 Å². The monoisotopic (exact) mass is 521 g/mol. The Bertz CT molecular complexity index is 1410. The molecule has 2 unspecified atom stereocenters. The van der Waals surface area contributed by atoms with Gasteiger partial charge in [0.1, 0.15) is 0 Å². The Kier molecular flexibility index (Phi) is 7.07. The highest BCUT2D eigenvalue weighted by molar-refractivity contribution is 6.04. The molecule has 2 saturated heterocycles. The minimum atomic E-state index is -1.77. The van der Waals surface area contributed by atoms with E-state index >= 15 is 0 Å². The summed E-state index contributed by atoms with van der Waals surface area (Å²) in [6, 6.07) is 11.5. The number of likely N-dealkylation sites (tertiary alicyclic amines) is 1. The maximum absolute atomic E-state index is 13.3. The van der Waals surface area contributed by atoms with Gasteiger partial charge in [0.15, 0.2) is 18.0 Å². The average Bonchev–Trinajstić information content (AvgIpc) is 3.60. The molecule has 198 valence electrons. The highest BCUT2D eigenvalue weighted by Crippen LogP contribution is 2.25. The third-order valence-electron chi connectivity index (χ3n) is 6.56. The highest BCUT2D eigenvalue weighted by atomic mass is 16.5. The van der Waals surface area contributed by atoms with E-state index in [2.05, 4.69) is 20.0 Å². The van der Waals surface area contributed by atoms with Gasteiger partial charge in [0.25, 0.3) is 17.7 Å². The van der Waals surface area contributed by atoms with Crippen LogP contribution in [-0.4, -0.2) is 76.3 Å². The number of morpholine rings is 1. The molecule has 2 aliphatic rings. The third-order valence-corrected chi connectivity index (χ3v) is 6.56. The van der Waals surface area contributed by atoms with Crippen LogP contribution in [0.4, 0.5) is 11.4 Å². The zero-order valence-corrected chi connectivity index (χ0v) is 20.7. The van der Waals surface area contributed by atoms with Crippen molar-refractivity contribution >= 4 is 29.1 Å². The van der Waals surface area contributed by atoms with Crippen molar-refractivity contribution in [1.29, 1.82) is 0 Å². The minimum absolute atomic E-state index is 0.0787. The van der Waals surface area contributed by atoms with Crippen LogP contribution in [-0.2, 0) is 14.3 Å². The summed E-state index contributed by atoms with van der Waals surface area (Å²) in [5.41, 5.74) is 2.73. The van der Waals surface area contributed by atoms with Crippen LogP contribution in [0.3, 0.4) is 0 Å². The molecule has 1 aromatic heterocycles. The summed E-state index contributed by atoms with van der Waals surface area (Å²) in [6.45, 7) is 3.60. The topological polar surface area (TPSA) is 158 Å². The normalized spacial score (nSPS) is 18.5. The van der Waals surface area contributed by atoms with E-state index < -0.39 is 29.8 Å². The maximum atomic E-state index is 13.3. The number of anilines is 2. The Balaban J connectivity index is 1.28. The first-order valence-corrected chi connectivity index (χ1v) is 12.3. The summed E-state index contributed by atoms with van der Waals surface area (Å²) >= 11 is 0. The van der Waals surface area contributed by atoms with Crippen molar-refractivity contribution in [3.8, 4) is 11.4 Å². The Labute approximate surface area is 217 Å². The molecule has 2 aliphatic heterocycles. The van der Waals surface area contributed by atoms with Crippen molar-refractivity contribution in [2.75, 3.05) is 36.5 Å². The number of amides is 3. The van der Waals surface area contributed by atoms with E-state index in [0.717, 1.165) is 18.4 Å². The van der Waals surface area contributed by atoms with Crippen LogP contribution in [0.1, 0.15) is 28.8 Å². The van der Waals surface area contributed by atoms with Gasteiger partial charge < -0.3 is 25.0 Å². The third kappa shape index (κ3) is 5.22. The van der Waals surface area contributed by atoms with E-state index in [1.165, 1.54) is 4.90 Å². The van der Waals surface area contributed by atoms with Crippen molar-refractivity contribution in [2.45, 2.75) is 32.0 Å². The van der Waals surface area contributed by atoms with Crippen LogP contribution in [0.15, 0.2) is 51.8 Å². The number of aliphatic hydroxyl groups excluding tert-OH is 1. The van der Waals surface area contributed by atoms with Crippen LogP contribution in [0, 0.1) is 6.92 Å². The molecule has 2 aromatic carbocycles. The summed E-state index contributed by atoms with van der Waals surface area (Å²) in [5.74, 6) is -1.93. The largest absolute Gasteiger partial charge is 0.439 e. The fraction of sp³-hybridized carbons (Fsp3) is 0.346. The minimum Gasteiger partial charge on any atom is -0.380 e. The summed E-state index contributed by atoms with van der Waals surface area (Å²) in [7, 11) is 0. The Morgan fingerprint density at radius 1 is 1.11 bits per heavy atom. The second-order valence-corrected chi connectivity index (χ2v) is 9.29. The number of aromatic amines is 1. The molecule has 0 bridgehead atoms. The van der Waals surface area contributed by atoms with Gasteiger partial charge in [-0.1, -0.05) is 5.16 Å². The number of aryl methyl sites for hydroxylation is 1. The lowest BCUT2D eigenvalue weighted by atomic mass is 10.1. The fourth-order valence-corrected chi connectivity index (χ4v) is 4.65. The van der Waals surface area contributed by atoms with Crippen molar-refractivity contribution < 1.29 is 28.8 Å². The van der Waals surface area contributed by atoms with Crippen LogP contribution in [0.5, 0.6) is 0 Å². The van der Waals surface area contributed by atoms with E-state index in [1.54, 1.807) is 47.4 Å². The predicted octanol–water partition coefficient (Wildman–Crippen LogP) is 1.31. The summed E-state index contributed by atoms with van der Waals surface area (Å²) < 4.78 is 9.98. The number of hydrogen-bond acceptors (Lipinski definition) is 8. The molecule has 0 spiro atoms. The van der Waals surface area contributed by atoms with Gasteiger partial charge in [-0.25, -0.2) is 4.79 Å². The van der Waals surface area contributed by atoms with Gasteiger partial charge in [-0.05, 0) is 67.8 Å². The molecule has 2 fully saturated rings. The molecule has 12 nitrogen and oxygen atoms in total. The second-order valence-electron chi connectivity index (χ2n) is 9.29. The quantitative estimate of drug-likeness (QED) is 0.438. The molecule has 3 heterocycles. The summed E-state index contributed by atoms with van der Waals surface area (Å²) in [6.07, 6.45) is -1.24. The van der Waals surface area contributed by atoms with Gasteiger partial charge >= 0.3 is 5.76 Å². The molecule has 2 atom stereocenters. The van der Waals surface area contributed by atoms with Gasteiger partial charge in [0.2, 0.25) is 0 Å². The number of hydrogen-bond donors (Lipinski definition) is 3. The zero-order valence-electron chi connectivity index (χ0n) is 20.7. The van der Waals surface area contributed by atoms with Crippen LogP contribution >= 0.6 is 0 Å². The molecule has 0 radical (unpaired) electrons. The lowest BCUT2D eigenvalue weighted by molar-refractivity contribution is -0.150. The standard InChI is InChI=1S/C26H27N5O7/c1-15-12-17(24(34)30-8-2-3-9-30)14-19(13-15)31-10-11-37-21(25(31)35)20(32)23(33)27-18-6-4-16(5-7-18)22-28-26(36)38-29-22/h4-7,12-14,20-21,32H,2-3,8-11H2,1H3,(H,27,33)(H,28,29,36). The number of rotatable bonds is 6. The molecule has 0 saturated carbocycles. The van der Waals surface area contributed by atoms with Crippen LogP contribution in [0.25, 0.3) is 11.4 Å². The molecule has 5 rings (SSSR count). The van der Waals surface area contributed by atoms with E-state index in [1.807, 2.05) is 6.92 Å². The molecule has 0 aliphatic carbocycles. The number of ether oxygens (including phenoxy) is 1. The highest BCUT2D eigenvalue weighted by Gasteiger charge is 2.39. The molecular formula is C26H27N5O7. The molecule has 3 N–H and O–H groups in total. The smallest absolute Gasteiger partial charge is 0.380 e. The van der Waals surface area contributed by atoms with Gasteiger partial charge in [-0.3, -0.25) is 23.9 Å². The molecule has 12 heteroatoms. The number of benzene rings is 2. The summed E-state index contributed by atoms with van der Waals surface area (Å²) in [5, 5.41) is 16.9. The van der Waals surface area contributed by atoms with E-state index in [4.69, 9.17) is 4.74 Å². The van der Waals surface area contributed by atoms with Gasteiger partial charge in [0, 0.05) is 42.1 Å². The lowest BCUT2D eigenvalue weighted by Crippen LogP contribution is -2.55. The van der Waals surface area contributed by atoms with Gasteiger partial charge in [0.05, 0.1) is 6.61 Å². The van der Waals surface area contributed by atoms with Crippen LogP contribution < -0.4 is 16.0 Å². The SMILES string of the molecule is Cc1cc(C(=O)N2CCCC2)cc(N2CCOC(C(O)C(=O)Nc3ccc(-c4noc(=O)[nH]4)cc3)C2=O)c1. The summed E-state index contributed by atoms with van der Waals surface area (Å²) in [4.78, 5) is 55.8. The number of aromatic nitrogens is 2. The number of carbonyl (C=O) groups excluding carboxylic acids is 3. The molecule has 38 heavy (non-hydrogen) atoms. The number of nitrogens with one attached hydrogen (secondary N) is 2. The Morgan fingerprint density at radius 3 is 2.53 bits per heavy atom. The Morgan fingerprint density at radius 2 is 1.84 bits per heavy atom. The van der Waals surface area contributed by atoms with Crippen LogP contribution in [0.2, 0.25) is 0 Å². The van der Waals surface area contributed by atoms with Crippen molar-refractivity contribution in [1.82, 2.24) is 15.0 Å². The number of carbonyl (C=O) groups is 3. The zero-order chi connectivity index (χ0) is 26.8. The first-order chi connectivity index (χ1) is 18.3. The number of H-pyrrole nitrogens is 1. The maximum Gasteiger partial charge on any atom is 0.439 e. The molecule has 3 aromatic rings. The lowest BCUT2D eigenvalue weighted by Gasteiger charge is -2.34. The molecular weight excluding hydrogens is 494 g/mol. The fourth-order valence-electron chi connectivity index (χ4n) is 4.65. The van der Waals surface area contributed by atoms with Crippen molar-refractivity contribution in [2.24, 2.45) is 0 Å². The average molecular weight is 522 g/mol. The Hall–Kier alpha value is -4.29. The first kappa shape index (κ1) is 25.4.